The van der Waals surface area contributed by atoms with Gasteiger partial charge in [0.05, 0.1) is 17.5 Å². The lowest BCUT2D eigenvalue weighted by atomic mass is 9.94. The Morgan fingerprint density at radius 1 is 0.900 bits per heavy atom. The molecule has 0 saturated carbocycles. The van der Waals surface area contributed by atoms with Crippen LogP contribution in [0.2, 0.25) is 0 Å². The van der Waals surface area contributed by atoms with E-state index in [-0.39, 0.29) is 48.3 Å². The summed E-state index contributed by atoms with van der Waals surface area (Å²) >= 11 is 0. The van der Waals surface area contributed by atoms with Crippen molar-refractivity contribution < 1.29 is 41.4 Å². The Morgan fingerprint density at radius 2 is 1.58 bits per heavy atom. The summed E-state index contributed by atoms with van der Waals surface area (Å²) in [6, 6.07) is 20.7. The number of aromatic hydroxyl groups is 1. The minimum absolute atomic E-state index is 0.0370. The van der Waals surface area contributed by atoms with Gasteiger partial charge in [-0.05, 0) is 67.1 Å². The minimum Gasteiger partial charge on any atom is -0.508 e. The molecule has 0 spiro atoms. The number of anilines is 1. The van der Waals surface area contributed by atoms with E-state index in [1.54, 1.807) is 43.3 Å². The third-order valence-corrected chi connectivity index (χ3v) is 8.98. The fourth-order valence-electron chi connectivity index (χ4n) is 5.09. The molecule has 13 heteroatoms. The largest absolute Gasteiger partial charge is 0.508 e. The van der Waals surface area contributed by atoms with Crippen LogP contribution >= 0.6 is 0 Å². The van der Waals surface area contributed by atoms with Crippen molar-refractivity contribution in [3.05, 3.63) is 108 Å². The van der Waals surface area contributed by atoms with Crippen molar-refractivity contribution in [1.82, 2.24) is 10.6 Å². The Kier molecular flexibility index (Phi) is 11.7. The molecule has 0 bridgehead atoms. The van der Waals surface area contributed by atoms with E-state index in [9.17, 15) is 31.9 Å². The van der Waals surface area contributed by atoms with Crippen molar-refractivity contribution >= 4 is 38.5 Å². The molecule has 0 atom stereocenters. The number of fused-ring (bicyclic) bond motifs is 1. The van der Waals surface area contributed by atoms with Crippen molar-refractivity contribution in [3.8, 4) is 28.2 Å². The van der Waals surface area contributed by atoms with E-state index < -0.39 is 33.0 Å². The van der Waals surface area contributed by atoms with E-state index in [0.717, 1.165) is 12.3 Å². The summed E-state index contributed by atoms with van der Waals surface area (Å²) in [7, 11) is -2.26. The molecule has 0 aliphatic rings. The van der Waals surface area contributed by atoms with Gasteiger partial charge in [0.1, 0.15) is 28.7 Å². The van der Waals surface area contributed by atoms with Crippen molar-refractivity contribution in [1.29, 1.82) is 0 Å². The number of nitrogens with one attached hydrogen (secondary N) is 2. The predicted octanol–water partition coefficient (Wildman–Crippen LogP) is 6.33. The molecule has 0 aliphatic carbocycles. The summed E-state index contributed by atoms with van der Waals surface area (Å²) in [5.74, 6) is -1.49. The topological polar surface area (TPSA) is 149 Å². The van der Waals surface area contributed by atoms with Crippen molar-refractivity contribution in [2.45, 2.75) is 20.8 Å². The Balaban J connectivity index is 0.000000616. The van der Waals surface area contributed by atoms with E-state index in [1.807, 2.05) is 13.8 Å². The summed E-state index contributed by atoms with van der Waals surface area (Å²) in [6.45, 7) is 5.60. The van der Waals surface area contributed by atoms with Gasteiger partial charge in [-0.2, -0.15) is 0 Å². The van der Waals surface area contributed by atoms with Gasteiger partial charge in [-0.3, -0.25) is 13.9 Å². The number of aliphatic hydroxyl groups is 1. The van der Waals surface area contributed by atoms with Gasteiger partial charge in [-0.15, -0.1) is 0 Å². The summed E-state index contributed by atoms with van der Waals surface area (Å²) in [5.41, 5.74) is 2.04. The van der Waals surface area contributed by atoms with Crippen LogP contribution in [0.25, 0.3) is 33.4 Å². The number of carbonyl (C=O) groups is 2. The average Bonchev–Trinajstić information content (AvgIpc) is 3.45. The monoisotopic (exact) mass is 707 g/mol. The van der Waals surface area contributed by atoms with Crippen LogP contribution in [0.4, 0.5) is 14.5 Å². The fourth-order valence-corrected chi connectivity index (χ4v) is 6.07. The molecule has 0 unspecified atom stereocenters. The quantitative estimate of drug-likeness (QED) is 0.133. The second-order valence-corrected chi connectivity index (χ2v) is 14.2. The molecular formula is C37H39F2N3O7S. The van der Waals surface area contributed by atoms with Crippen LogP contribution in [0.3, 0.4) is 0 Å². The van der Waals surface area contributed by atoms with Gasteiger partial charge in [0.25, 0.3) is 11.8 Å². The molecule has 264 valence electrons. The molecule has 0 saturated heterocycles. The molecule has 4 N–H and O–H groups in total. The van der Waals surface area contributed by atoms with Crippen LogP contribution in [-0.4, -0.2) is 63.4 Å². The number of sulfonamides is 1. The summed E-state index contributed by atoms with van der Waals surface area (Å²) in [5, 5.41) is 24.0. The number of carbonyl (C=O) groups excluding carboxylic acids is 2. The van der Waals surface area contributed by atoms with Gasteiger partial charge >= 0.3 is 0 Å². The van der Waals surface area contributed by atoms with E-state index in [0.29, 0.717) is 33.3 Å². The number of benzene rings is 4. The summed E-state index contributed by atoms with van der Waals surface area (Å²) < 4.78 is 58.7. The van der Waals surface area contributed by atoms with Crippen molar-refractivity contribution in [2.24, 2.45) is 5.41 Å². The number of phenolic OH excluding ortho intramolecular Hbond substituents is 1. The molecule has 5 rings (SSSR count). The second kappa shape index (κ2) is 15.5. The number of phenols is 1. The van der Waals surface area contributed by atoms with E-state index >= 15 is 0 Å². The number of nitrogens with zero attached hydrogens (tertiary/aromatic N) is 1. The maximum atomic E-state index is 13.7. The lowest BCUT2D eigenvalue weighted by Gasteiger charge is -2.24. The van der Waals surface area contributed by atoms with E-state index in [1.165, 1.54) is 53.8 Å². The molecule has 0 aliphatic heterocycles. The fraction of sp³-hybridized carbons (Fsp3) is 0.243. The van der Waals surface area contributed by atoms with Gasteiger partial charge in [0, 0.05) is 66.4 Å². The highest BCUT2D eigenvalue weighted by molar-refractivity contribution is 7.92. The number of amides is 2. The van der Waals surface area contributed by atoms with Crippen LogP contribution in [0.5, 0.6) is 5.75 Å². The van der Waals surface area contributed by atoms with Crippen LogP contribution in [-0.2, 0) is 10.0 Å². The first-order valence-corrected chi connectivity index (χ1v) is 17.4. The highest BCUT2D eigenvalue weighted by Gasteiger charge is 2.27. The van der Waals surface area contributed by atoms with Gasteiger partial charge in [-0.25, -0.2) is 17.2 Å². The first kappa shape index (κ1) is 37.5. The molecule has 1 aromatic heterocycles. The summed E-state index contributed by atoms with van der Waals surface area (Å²) in [6.07, 6.45) is 1.10. The first-order valence-electron chi connectivity index (χ1n) is 15.6. The van der Waals surface area contributed by atoms with Gasteiger partial charge in [0.15, 0.2) is 0 Å². The molecule has 50 heavy (non-hydrogen) atoms. The lowest BCUT2D eigenvalue weighted by Crippen LogP contribution is -2.36. The number of hydrogen-bond donors (Lipinski definition) is 4. The minimum atomic E-state index is -3.74. The highest BCUT2D eigenvalue weighted by atomic mass is 32.2. The van der Waals surface area contributed by atoms with Gasteiger partial charge < -0.3 is 25.3 Å². The zero-order valence-corrected chi connectivity index (χ0v) is 29.1. The Morgan fingerprint density at radius 3 is 2.14 bits per heavy atom. The molecule has 5 aromatic rings. The highest BCUT2D eigenvalue weighted by Crippen LogP contribution is 2.41. The number of hydrogen-bond acceptors (Lipinski definition) is 7. The second-order valence-electron chi connectivity index (χ2n) is 12.3. The lowest BCUT2D eigenvalue weighted by molar-refractivity contribution is 0.0910. The molecule has 10 nitrogen and oxygen atoms in total. The zero-order chi connectivity index (χ0) is 36.8. The van der Waals surface area contributed by atoms with Crippen LogP contribution in [0.15, 0.2) is 89.3 Å². The van der Waals surface area contributed by atoms with Gasteiger partial charge in [0.2, 0.25) is 10.0 Å². The number of aliphatic hydroxyl groups excluding tert-OH is 1. The smallest absolute Gasteiger partial charge is 0.255 e. The SMILES string of the molecule is CCN(c1cc2oc(-c3ccc(F)cc3)c(C(=O)NC)c2cc1-c1cccc(C(=O)NCC(C)(C)CO)c1)S(C)(=O)=O.Oc1cccc(F)c1. The predicted molar refractivity (Wildman–Crippen MR) is 190 cm³/mol. The Hall–Kier alpha value is -5.27. The number of furan rings is 1. The normalized spacial score (nSPS) is 11.4. The van der Waals surface area contributed by atoms with Crippen LogP contribution in [0.1, 0.15) is 41.5 Å². The molecule has 2 amide bonds. The molecular weight excluding hydrogens is 668 g/mol. The Labute approximate surface area is 289 Å². The maximum absolute atomic E-state index is 13.7. The van der Waals surface area contributed by atoms with Gasteiger partial charge in [-0.1, -0.05) is 32.0 Å². The number of rotatable bonds is 10. The first-order chi connectivity index (χ1) is 23.6. The van der Waals surface area contributed by atoms with Crippen molar-refractivity contribution in [3.63, 3.8) is 0 Å². The molecule has 0 fully saturated rings. The van der Waals surface area contributed by atoms with Crippen LogP contribution in [0, 0.1) is 17.0 Å². The van der Waals surface area contributed by atoms with Crippen molar-refractivity contribution in [2.75, 3.05) is 37.3 Å². The van der Waals surface area contributed by atoms with Crippen LogP contribution < -0.4 is 14.9 Å². The molecule has 0 radical (unpaired) electrons. The molecule has 4 aromatic carbocycles. The van der Waals surface area contributed by atoms with E-state index in [2.05, 4.69) is 10.6 Å². The zero-order valence-electron chi connectivity index (χ0n) is 28.3. The molecule has 1 heterocycles. The third kappa shape index (κ3) is 8.84. The van der Waals surface area contributed by atoms with E-state index in [4.69, 9.17) is 9.52 Å². The third-order valence-electron chi connectivity index (χ3n) is 7.72. The number of halogens is 2. The maximum Gasteiger partial charge on any atom is 0.255 e. The standard InChI is InChI=1S/C31H34FN3O6S.C6H5FO/c1-6-35(42(5,39)40)25-16-26-24(27(30(38)33-4)28(41-26)19-10-12-22(32)13-11-19)15-23(25)20-8-7-9-21(14-20)29(37)34-17-31(2,3)18-36;7-5-2-1-3-6(8)4-5/h7-16,36H,6,17-18H2,1-5H3,(H,33,38)(H,34,37);1-4,8H. The summed E-state index contributed by atoms with van der Waals surface area (Å²) in [4.78, 5) is 26.1. The average molecular weight is 708 g/mol. The Bertz CT molecular complexity index is 2100.